The van der Waals surface area contributed by atoms with Crippen molar-refractivity contribution in [3.05, 3.63) is 0 Å². The Morgan fingerprint density at radius 3 is 1.12 bits per heavy atom. The molecule has 5 nitrogen and oxygen atoms in total. The van der Waals surface area contributed by atoms with Crippen molar-refractivity contribution < 1.29 is 45.1 Å². The van der Waals surface area contributed by atoms with E-state index in [4.69, 9.17) is 20.3 Å². The van der Waals surface area contributed by atoms with E-state index in [0.717, 1.165) is 0 Å². The van der Waals surface area contributed by atoms with Crippen LogP contribution in [0, 0.1) is 0 Å². The summed E-state index contributed by atoms with van der Waals surface area (Å²) in [4.78, 5) is 0. The third-order valence-electron chi connectivity index (χ3n) is 0. The Balaban J connectivity index is -0.0000000750. The normalized spacial score (nSPS) is 7.62. The third kappa shape index (κ3) is 91.4. The van der Waals surface area contributed by atoms with Gasteiger partial charge in [-0.3, -0.25) is 9.11 Å². The Labute approximate surface area is 102 Å². The van der Waals surface area contributed by atoms with E-state index in [9.17, 15) is 0 Å². The van der Waals surface area contributed by atoms with Crippen molar-refractivity contribution in [3.63, 3.8) is 0 Å². The zero-order valence-corrected chi connectivity index (χ0v) is 6.30. The second-order valence-electron chi connectivity index (χ2n) is 0.448. The van der Waals surface area contributed by atoms with Gasteiger partial charge < -0.3 is 0 Å². The van der Waals surface area contributed by atoms with Crippen LogP contribution in [0.4, 0.5) is 0 Å². The number of rotatable bonds is 0. The van der Waals surface area contributed by atoms with Crippen LogP contribution in [0.15, 0.2) is 0 Å². The van der Waals surface area contributed by atoms with Gasteiger partial charge in [0.15, 0.2) is 0 Å². The molecule has 0 amide bonds. The summed E-state index contributed by atoms with van der Waals surface area (Å²) in [5.41, 5.74) is 0. The minimum atomic E-state index is -4.67. The molecule has 0 aromatic rings. The van der Waals surface area contributed by atoms with Crippen molar-refractivity contribution in [1.82, 2.24) is 0 Å². The van der Waals surface area contributed by atoms with Crippen LogP contribution >= 0.6 is 0 Å². The van der Waals surface area contributed by atoms with E-state index < -0.39 is 10.4 Å². The monoisotopic (exact) mass is 344 g/mol. The van der Waals surface area contributed by atoms with E-state index in [1.807, 2.05) is 0 Å². The Morgan fingerprint density at radius 1 is 1.12 bits per heavy atom. The fraction of sp³-hybridized carbons (Fsp3) is 0. The molecule has 0 spiro atoms. The molecule has 0 unspecified atom stereocenters. The van der Waals surface area contributed by atoms with Crippen molar-refractivity contribution in [2.24, 2.45) is 0 Å². The fourth-order valence-electron chi connectivity index (χ4n) is 0. The maximum absolute atomic E-state index is 8.74. The molecule has 8 heavy (non-hydrogen) atoms. The summed E-state index contributed by atoms with van der Waals surface area (Å²) in [6, 6.07) is 0. The Kier molecular flexibility index (Phi) is 18.9. The summed E-state index contributed by atoms with van der Waals surface area (Å²) in [5, 5.41) is 0. The molecule has 0 aliphatic rings. The molecular formula is H4BaO5SZr. The first-order valence-electron chi connectivity index (χ1n) is 0.903. The molecule has 46 valence electrons. The first-order chi connectivity index (χ1) is 3.00. The number of hydrogen-bond acceptors (Lipinski definition) is 3. The standard InChI is InChI=1S/Ba.H2O4S.O.Zr.2H/c;1-5(2,3)4;;;;/h;(H2,1,2,3,4);;;;. The van der Waals surface area contributed by atoms with E-state index in [1.165, 1.54) is 0 Å². The van der Waals surface area contributed by atoms with Gasteiger partial charge in [-0.05, 0) is 0 Å². The van der Waals surface area contributed by atoms with Gasteiger partial charge in [-0.25, -0.2) is 0 Å². The molecule has 0 saturated carbocycles. The molecule has 0 fully saturated rings. The molecule has 0 radical (unpaired) electrons. The van der Waals surface area contributed by atoms with Gasteiger partial charge in [-0.15, -0.1) is 0 Å². The maximum atomic E-state index is 8.74. The van der Waals surface area contributed by atoms with Crippen LogP contribution in [-0.4, -0.2) is 66.4 Å². The van der Waals surface area contributed by atoms with Crippen LogP contribution < -0.4 is 0 Å². The van der Waals surface area contributed by atoms with E-state index in [0.29, 0.717) is 24.7 Å². The first-order valence-corrected chi connectivity index (χ1v) is 3.30. The minimum absolute atomic E-state index is 0. The Morgan fingerprint density at radius 2 is 1.12 bits per heavy atom. The second kappa shape index (κ2) is 9.12. The van der Waals surface area contributed by atoms with Gasteiger partial charge in [-0.1, -0.05) is 0 Å². The van der Waals surface area contributed by atoms with Gasteiger partial charge in [0.25, 0.3) is 0 Å². The molecule has 0 heterocycles. The first kappa shape index (κ1) is 16.6. The van der Waals surface area contributed by atoms with Crippen LogP contribution in [-0.2, 0) is 37.9 Å². The Hall–Kier alpha value is 2.12. The van der Waals surface area contributed by atoms with E-state index >= 15 is 0 Å². The van der Waals surface area contributed by atoms with Crippen LogP contribution in [0.3, 0.4) is 0 Å². The topological polar surface area (TPSA) is 91.7 Å². The molecule has 0 bridgehead atoms. The van der Waals surface area contributed by atoms with Gasteiger partial charge in [0.2, 0.25) is 0 Å². The summed E-state index contributed by atoms with van der Waals surface area (Å²) >= 11 is 0.300. The van der Waals surface area contributed by atoms with Crippen molar-refractivity contribution >= 4 is 59.3 Å². The zero-order chi connectivity index (χ0) is 6.50. The van der Waals surface area contributed by atoms with Crippen LogP contribution in [0.2, 0.25) is 0 Å². The number of hydrogen-bond donors (Lipinski definition) is 2. The summed E-state index contributed by atoms with van der Waals surface area (Å²) in [7, 11) is -4.67. The molecular weight excluding hydrogens is 341 g/mol. The molecule has 2 N–H and O–H groups in total. The predicted octanol–water partition coefficient (Wildman–Crippen LogP) is -1.69. The molecule has 0 rings (SSSR count). The van der Waals surface area contributed by atoms with E-state index in [2.05, 4.69) is 0 Å². The summed E-state index contributed by atoms with van der Waals surface area (Å²) in [6.45, 7) is 0. The van der Waals surface area contributed by atoms with Crippen LogP contribution in [0.1, 0.15) is 0 Å². The van der Waals surface area contributed by atoms with Gasteiger partial charge >= 0.3 is 86.8 Å². The quantitative estimate of drug-likeness (QED) is 0.404. The molecule has 0 saturated heterocycles. The van der Waals surface area contributed by atoms with Gasteiger partial charge in [0.05, 0.1) is 0 Å². The molecule has 0 aliphatic carbocycles. The Bertz CT molecular complexity index is 106. The molecule has 8 heteroatoms. The van der Waals surface area contributed by atoms with Crippen molar-refractivity contribution in [2.75, 3.05) is 0 Å². The van der Waals surface area contributed by atoms with Crippen molar-refractivity contribution in [1.29, 1.82) is 0 Å². The van der Waals surface area contributed by atoms with Crippen molar-refractivity contribution in [2.45, 2.75) is 0 Å². The average molecular weight is 345 g/mol. The molecule has 0 atom stereocenters. The van der Waals surface area contributed by atoms with E-state index in [-0.39, 0.29) is 48.9 Å². The van der Waals surface area contributed by atoms with Gasteiger partial charge in [0.1, 0.15) is 0 Å². The van der Waals surface area contributed by atoms with Gasteiger partial charge in [0, 0.05) is 0 Å². The van der Waals surface area contributed by atoms with Gasteiger partial charge in [-0.2, -0.15) is 8.42 Å². The SMILES string of the molecule is O=S(=O)(O)O.[BaH2].[O]=[Zr]. The molecule has 0 aromatic heterocycles. The third-order valence-corrected chi connectivity index (χ3v) is 0. The molecule has 0 aliphatic heterocycles. The van der Waals surface area contributed by atoms with Crippen LogP contribution in [0.25, 0.3) is 0 Å². The predicted molar refractivity (Wildman–Crippen MR) is 23.4 cm³/mol. The van der Waals surface area contributed by atoms with Crippen LogP contribution in [0.5, 0.6) is 0 Å². The van der Waals surface area contributed by atoms with Crippen molar-refractivity contribution in [3.8, 4) is 0 Å². The summed E-state index contributed by atoms with van der Waals surface area (Å²) < 4.78 is 39.9. The summed E-state index contributed by atoms with van der Waals surface area (Å²) in [6.07, 6.45) is 0. The molecule has 0 aromatic carbocycles. The second-order valence-corrected chi connectivity index (χ2v) is 1.34. The fourth-order valence-corrected chi connectivity index (χ4v) is 0. The average Bonchev–Trinajstić information content (AvgIpc) is 1.36. The zero-order valence-electron chi connectivity index (χ0n) is 3.03. The summed E-state index contributed by atoms with van der Waals surface area (Å²) in [5.74, 6) is 0. The van der Waals surface area contributed by atoms with E-state index in [1.54, 1.807) is 0 Å².